The summed E-state index contributed by atoms with van der Waals surface area (Å²) in [6.07, 6.45) is 0. The monoisotopic (exact) mass is 275 g/mol. The molecule has 0 N–H and O–H groups in total. The average molecular weight is 276 g/mol. The summed E-state index contributed by atoms with van der Waals surface area (Å²) in [4.78, 5) is 4.22. The van der Waals surface area contributed by atoms with Gasteiger partial charge in [0.05, 0.1) is 5.69 Å². The van der Waals surface area contributed by atoms with Crippen LogP contribution in [-0.4, -0.2) is 18.9 Å². The zero-order valence-corrected chi connectivity index (χ0v) is 11.5. The standard InChI is InChI=1S/C9H12BrNO2.C2H6/c1-6-4-8(10)11-7(2)9(6)13-5-12-3;1-2/h4H,5H2,1-3H3;1-2H3. The molecule has 0 aliphatic heterocycles. The van der Waals surface area contributed by atoms with Gasteiger partial charge in [-0.2, -0.15) is 0 Å². The molecule has 1 rings (SSSR count). The minimum absolute atomic E-state index is 0.255. The van der Waals surface area contributed by atoms with E-state index in [0.29, 0.717) is 0 Å². The Balaban J connectivity index is 0.000000921. The number of halogens is 1. The van der Waals surface area contributed by atoms with Crippen LogP contribution in [0.4, 0.5) is 0 Å². The van der Waals surface area contributed by atoms with Crippen molar-refractivity contribution in [2.75, 3.05) is 13.9 Å². The summed E-state index contributed by atoms with van der Waals surface area (Å²) in [6, 6.07) is 1.91. The van der Waals surface area contributed by atoms with E-state index in [1.165, 1.54) is 0 Å². The Bertz CT molecular complexity index is 280. The van der Waals surface area contributed by atoms with Crippen molar-refractivity contribution >= 4 is 15.9 Å². The zero-order valence-electron chi connectivity index (χ0n) is 9.93. The van der Waals surface area contributed by atoms with E-state index < -0.39 is 0 Å². The van der Waals surface area contributed by atoms with E-state index in [-0.39, 0.29) is 6.79 Å². The van der Waals surface area contributed by atoms with E-state index in [1.54, 1.807) is 7.11 Å². The third-order valence-electron chi connectivity index (χ3n) is 1.62. The third-order valence-corrected chi connectivity index (χ3v) is 2.02. The maximum atomic E-state index is 5.37. The molecule has 0 unspecified atom stereocenters. The van der Waals surface area contributed by atoms with Gasteiger partial charge in [-0.3, -0.25) is 0 Å². The van der Waals surface area contributed by atoms with Crippen molar-refractivity contribution in [3.63, 3.8) is 0 Å². The first-order valence-corrected chi connectivity index (χ1v) is 5.70. The molecule has 0 aromatic carbocycles. The van der Waals surface area contributed by atoms with E-state index in [4.69, 9.17) is 9.47 Å². The molecular formula is C11H18BrNO2. The van der Waals surface area contributed by atoms with Crippen molar-refractivity contribution in [2.24, 2.45) is 0 Å². The molecule has 0 atom stereocenters. The number of pyridine rings is 1. The van der Waals surface area contributed by atoms with Crippen LogP contribution in [0.15, 0.2) is 10.7 Å². The van der Waals surface area contributed by atoms with Crippen molar-refractivity contribution in [1.82, 2.24) is 4.98 Å². The van der Waals surface area contributed by atoms with Crippen LogP contribution in [0.3, 0.4) is 0 Å². The highest BCUT2D eigenvalue weighted by Gasteiger charge is 2.06. The van der Waals surface area contributed by atoms with Crippen LogP contribution in [-0.2, 0) is 4.74 Å². The topological polar surface area (TPSA) is 31.4 Å². The van der Waals surface area contributed by atoms with Gasteiger partial charge in [-0.25, -0.2) is 4.98 Å². The van der Waals surface area contributed by atoms with Crippen molar-refractivity contribution in [2.45, 2.75) is 27.7 Å². The van der Waals surface area contributed by atoms with E-state index in [9.17, 15) is 0 Å². The highest BCUT2D eigenvalue weighted by atomic mass is 79.9. The van der Waals surface area contributed by atoms with E-state index >= 15 is 0 Å². The smallest absolute Gasteiger partial charge is 0.188 e. The summed E-state index contributed by atoms with van der Waals surface area (Å²) in [5.41, 5.74) is 1.92. The van der Waals surface area contributed by atoms with Gasteiger partial charge >= 0.3 is 0 Å². The highest BCUT2D eigenvalue weighted by molar-refractivity contribution is 9.10. The van der Waals surface area contributed by atoms with Crippen molar-refractivity contribution in [3.8, 4) is 5.75 Å². The first-order valence-electron chi connectivity index (χ1n) is 4.90. The predicted octanol–water partition coefficient (Wildman–Crippen LogP) is 3.47. The van der Waals surface area contributed by atoms with Gasteiger partial charge < -0.3 is 9.47 Å². The maximum absolute atomic E-state index is 5.37. The SMILES string of the molecule is CC.COCOc1c(C)cc(Br)nc1C. The Kier molecular flexibility index (Phi) is 7.34. The molecule has 0 amide bonds. The first kappa shape index (κ1) is 14.4. The average Bonchev–Trinajstić information content (AvgIpc) is 2.19. The molecule has 1 heterocycles. The lowest BCUT2D eigenvalue weighted by atomic mass is 10.2. The lowest BCUT2D eigenvalue weighted by Crippen LogP contribution is -2.03. The minimum atomic E-state index is 0.255. The summed E-state index contributed by atoms with van der Waals surface area (Å²) in [5.74, 6) is 0.796. The number of aromatic nitrogens is 1. The minimum Gasteiger partial charge on any atom is -0.465 e. The Morgan fingerprint density at radius 2 is 1.93 bits per heavy atom. The number of nitrogens with zero attached hydrogens (tertiary/aromatic N) is 1. The second kappa shape index (κ2) is 7.65. The molecule has 1 aromatic rings. The van der Waals surface area contributed by atoms with Crippen LogP contribution < -0.4 is 4.74 Å². The summed E-state index contributed by atoms with van der Waals surface area (Å²) in [5, 5.41) is 0. The van der Waals surface area contributed by atoms with Crippen LogP contribution in [0.5, 0.6) is 5.75 Å². The van der Waals surface area contributed by atoms with E-state index in [1.807, 2.05) is 33.8 Å². The van der Waals surface area contributed by atoms with Gasteiger partial charge in [0.2, 0.25) is 0 Å². The number of methoxy groups -OCH3 is 1. The van der Waals surface area contributed by atoms with Crippen LogP contribution in [0, 0.1) is 13.8 Å². The zero-order chi connectivity index (χ0) is 11.8. The fourth-order valence-corrected chi connectivity index (χ4v) is 1.72. The molecule has 0 aliphatic carbocycles. The van der Waals surface area contributed by atoms with Crippen LogP contribution in [0.25, 0.3) is 0 Å². The summed E-state index contributed by atoms with van der Waals surface area (Å²) >= 11 is 3.32. The second-order valence-electron chi connectivity index (χ2n) is 2.73. The molecule has 0 radical (unpaired) electrons. The molecule has 0 saturated heterocycles. The first-order chi connectivity index (χ1) is 7.15. The molecule has 1 aromatic heterocycles. The second-order valence-corrected chi connectivity index (χ2v) is 3.54. The number of hydrogen-bond donors (Lipinski definition) is 0. The molecular weight excluding hydrogens is 258 g/mol. The number of aryl methyl sites for hydroxylation is 2. The molecule has 0 bridgehead atoms. The normalized spacial score (nSPS) is 9.20. The third kappa shape index (κ3) is 4.62. The fourth-order valence-electron chi connectivity index (χ4n) is 1.11. The van der Waals surface area contributed by atoms with Crippen molar-refractivity contribution in [1.29, 1.82) is 0 Å². The van der Waals surface area contributed by atoms with Gasteiger partial charge in [-0.1, -0.05) is 13.8 Å². The van der Waals surface area contributed by atoms with Gasteiger partial charge in [0.15, 0.2) is 6.79 Å². The maximum Gasteiger partial charge on any atom is 0.188 e. The Morgan fingerprint density at radius 3 is 2.40 bits per heavy atom. The molecule has 0 spiro atoms. The van der Waals surface area contributed by atoms with E-state index in [2.05, 4.69) is 20.9 Å². The van der Waals surface area contributed by atoms with Crippen molar-refractivity contribution in [3.05, 3.63) is 21.9 Å². The molecule has 0 saturated carbocycles. The quantitative estimate of drug-likeness (QED) is 0.625. The fraction of sp³-hybridized carbons (Fsp3) is 0.545. The lowest BCUT2D eigenvalue weighted by molar-refractivity contribution is 0.0498. The largest absolute Gasteiger partial charge is 0.465 e. The molecule has 15 heavy (non-hydrogen) atoms. The van der Waals surface area contributed by atoms with Crippen LogP contribution in [0.2, 0.25) is 0 Å². The van der Waals surface area contributed by atoms with Crippen LogP contribution in [0.1, 0.15) is 25.1 Å². The number of rotatable bonds is 3. The number of ether oxygens (including phenoxy) is 2. The van der Waals surface area contributed by atoms with Crippen molar-refractivity contribution < 1.29 is 9.47 Å². The van der Waals surface area contributed by atoms with Gasteiger partial charge in [-0.05, 0) is 41.4 Å². The molecule has 0 aliphatic rings. The Labute approximate surface area is 99.9 Å². The lowest BCUT2D eigenvalue weighted by Gasteiger charge is -2.10. The molecule has 3 nitrogen and oxygen atoms in total. The summed E-state index contributed by atoms with van der Waals surface area (Å²) in [6.45, 7) is 8.14. The van der Waals surface area contributed by atoms with Gasteiger partial charge in [0, 0.05) is 7.11 Å². The summed E-state index contributed by atoms with van der Waals surface area (Å²) < 4.78 is 11.0. The predicted molar refractivity (Wildman–Crippen MR) is 65.3 cm³/mol. The summed E-state index contributed by atoms with van der Waals surface area (Å²) in [7, 11) is 1.59. The van der Waals surface area contributed by atoms with Gasteiger partial charge in [-0.15, -0.1) is 0 Å². The van der Waals surface area contributed by atoms with Gasteiger partial charge in [0.1, 0.15) is 10.4 Å². The Hall–Kier alpha value is -0.610. The van der Waals surface area contributed by atoms with Crippen LogP contribution >= 0.6 is 15.9 Å². The molecule has 86 valence electrons. The number of hydrogen-bond acceptors (Lipinski definition) is 3. The Morgan fingerprint density at radius 1 is 1.33 bits per heavy atom. The highest BCUT2D eigenvalue weighted by Crippen LogP contribution is 2.24. The van der Waals surface area contributed by atoms with Gasteiger partial charge in [0.25, 0.3) is 0 Å². The van der Waals surface area contributed by atoms with E-state index in [0.717, 1.165) is 21.6 Å². The molecule has 0 fully saturated rings. The molecule has 4 heteroatoms.